The van der Waals surface area contributed by atoms with Crippen molar-refractivity contribution in [3.8, 4) is 5.75 Å². The lowest BCUT2D eigenvalue weighted by molar-refractivity contribution is -0.127. The second-order valence-electron chi connectivity index (χ2n) is 6.58. The number of benzene rings is 2. The second-order valence-corrected chi connectivity index (χ2v) is 9.37. The molecule has 0 aliphatic carbocycles. The van der Waals surface area contributed by atoms with Gasteiger partial charge in [-0.05, 0) is 66.9 Å². The van der Waals surface area contributed by atoms with Gasteiger partial charge in [0.15, 0.2) is 0 Å². The van der Waals surface area contributed by atoms with Crippen molar-refractivity contribution >= 4 is 68.3 Å². The van der Waals surface area contributed by atoms with Crippen molar-refractivity contribution < 1.29 is 19.1 Å². The van der Waals surface area contributed by atoms with E-state index in [-0.39, 0.29) is 11.4 Å². The summed E-state index contributed by atoms with van der Waals surface area (Å²) in [6.07, 6.45) is 4.42. The van der Waals surface area contributed by atoms with E-state index in [0.717, 1.165) is 32.5 Å². The van der Waals surface area contributed by atoms with Crippen molar-refractivity contribution in [2.45, 2.75) is 18.2 Å². The molecule has 31 heavy (non-hydrogen) atoms. The Morgan fingerprint density at radius 3 is 2.81 bits per heavy atom. The van der Waals surface area contributed by atoms with Gasteiger partial charge in [-0.1, -0.05) is 28.9 Å². The quantitative estimate of drug-likeness (QED) is 0.358. The van der Waals surface area contributed by atoms with Crippen molar-refractivity contribution in [1.29, 1.82) is 0 Å². The van der Waals surface area contributed by atoms with Crippen LogP contribution in [0.2, 0.25) is 0 Å². The number of amides is 3. The van der Waals surface area contributed by atoms with E-state index in [4.69, 9.17) is 4.74 Å². The minimum atomic E-state index is -0.496. The van der Waals surface area contributed by atoms with Crippen LogP contribution >= 0.6 is 39.5 Å². The van der Waals surface area contributed by atoms with E-state index >= 15 is 0 Å². The maximum atomic E-state index is 12.8. The highest BCUT2D eigenvalue weighted by Gasteiger charge is 2.36. The van der Waals surface area contributed by atoms with Gasteiger partial charge in [-0.25, -0.2) is 0 Å². The summed E-state index contributed by atoms with van der Waals surface area (Å²) in [6, 6.07) is 12.8. The molecule has 1 aliphatic rings. The predicted octanol–water partition coefficient (Wildman–Crippen LogP) is 5.63. The van der Waals surface area contributed by atoms with Gasteiger partial charge in [0.05, 0.1) is 11.5 Å². The van der Waals surface area contributed by atoms with Crippen LogP contribution < -0.4 is 10.1 Å². The van der Waals surface area contributed by atoms with Gasteiger partial charge < -0.3 is 10.1 Å². The van der Waals surface area contributed by atoms with E-state index in [1.54, 1.807) is 23.9 Å². The normalized spacial score (nSPS) is 14.9. The van der Waals surface area contributed by atoms with Crippen LogP contribution in [0.5, 0.6) is 5.75 Å². The summed E-state index contributed by atoms with van der Waals surface area (Å²) in [4.78, 5) is 39.8. The van der Waals surface area contributed by atoms with Crippen LogP contribution in [-0.2, 0) is 9.59 Å². The topological polar surface area (TPSA) is 75.7 Å². The first kappa shape index (κ1) is 23.4. The third-order valence-corrected chi connectivity index (χ3v) is 6.37. The molecule has 1 aliphatic heterocycles. The van der Waals surface area contributed by atoms with Gasteiger partial charge in [0.1, 0.15) is 12.3 Å². The molecule has 2 aromatic rings. The molecule has 0 spiro atoms. The van der Waals surface area contributed by atoms with Crippen LogP contribution in [-0.4, -0.2) is 41.4 Å². The number of rotatable bonds is 8. The van der Waals surface area contributed by atoms with Crippen molar-refractivity contribution in [1.82, 2.24) is 4.90 Å². The molecule has 1 saturated heterocycles. The van der Waals surface area contributed by atoms with Crippen molar-refractivity contribution in [3.63, 3.8) is 0 Å². The lowest BCUT2D eigenvalue weighted by Crippen LogP contribution is -2.36. The van der Waals surface area contributed by atoms with Gasteiger partial charge >= 0.3 is 0 Å². The third-order valence-electron chi connectivity index (χ3n) is 4.25. The molecular weight excluding hydrogens is 500 g/mol. The van der Waals surface area contributed by atoms with Gasteiger partial charge in [0.2, 0.25) is 5.91 Å². The Bertz CT molecular complexity index is 1040. The number of ether oxygens (including phenoxy) is 1. The molecule has 3 rings (SSSR count). The molecule has 2 aromatic carbocycles. The summed E-state index contributed by atoms with van der Waals surface area (Å²) >= 11 is 5.79. The van der Waals surface area contributed by atoms with E-state index in [1.165, 1.54) is 0 Å². The molecule has 162 valence electrons. The average Bonchev–Trinajstić information content (AvgIpc) is 3.00. The van der Waals surface area contributed by atoms with Crippen LogP contribution in [0, 0.1) is 0 Å². The molecule has 0 saturated carbocycles. The molecule has 3 amide bonds. The Kier molecular flexibility index (Phi) is 8.22. The number of carbonyl (C=O) groups excluding carboxylic acids is 3. The monoisotopic (exact) mass is 520 g/mol. The summed E-state index contributed by atoms with van der Waals surface area (Å²) in [6.45, 7) is 2.21. The van der Waals surface area contributed by atoms with Crippen molar-refractivity contribution in [2.24, 2.45) is 0 Å². The highest BCUT2D eigenvalue weighted by atomic mass is 79.9. The summed E-state index contributed by atoms with van der Waals surface area (Å²) in [5.41, 5.74) is 1.30. The number of hydrogen-bond acceptors (Lipinski definition) is 6. The summed E-state index contributed by atoms with van der Waals surface area (Å²) in [7, 11) is 0. The van der Waals surface area contributed by atoms with Crippen LogP contribution in [0.25, 0.3) is 6.08 Å². The fourth-order valence-corrected chi connectivity index (χ4v) is 4.47. The van der Waals surface area contributed by atoms with Crippen LogP contribution in [0.1, 0.15) is 18.9 Å². The summed E-state index contributed by atoms with van der Waals surface area (Å²) in [5.74, 6) is -0.302. The van der Waals surface area contributed by atoms with Gasteiger partial charge in [-0.15, -0.1) is 11.8 Å². The molecule has 0 atom stereocenters. The minimum absolute atomic E-state index is 0.252. The molecule has 0 aromatic heterocycles. The number of nitrogens with zero attached hydrogens (tertiary/aromatic N) is 1. The highest BCUT2D eigenvalue weighted by molar-refractivity contribution is 9.10. The number of carbonyl (C=O) groups is 3. The maximum absolute atomic E-state index is 12.8. The third kappa shape index (κ3) is 6.15. The van der Waals surface area contributed by atoms with E-state index in [1.807, 2.05) is 49.6 Å². The fraction of sp³-hybridized carbons (Fsp3) is 0.227. The number of hydrogen-bond donors (Lipinski definition) is 1. The summed E-state index contributed by atoms with van der Waals surface area (Å²) < 4.78 is 6.57. The van der Waals surface area contributed by atoms with E-state index in [0.29, 0.717) is 23.6 Å². The molecule has 6 nitrogen and oxygen atoms in total. The van der Waals surface area contributed by atoms with Gasteiger partial charge in [0.25, 0.3) is 11.1 Å². The van der Waals surface area contributed by atoms with Gasteiger partial charge in [-0.2, -0.15) is 0 Å². The van der Waals surface area contributed by atoms with Crippen LogP contribution in [0.4, 0.5) is 10.5 Å². The SMILES string of the molecule is CCCOc1ccc(Br)cc1/C=C1/SC(=O)N(CC(=O)Nc2cccc(SC)c2)C1=O. The first-order valence-electron chi connectivity index (χ1n) is 9.53. The van der Waals surface area contributed by atoms with Crippen LogP contribution in [0.15, 0.2) is 56.7 Å². The minimum Gasteiger partial charge on any atom is -0.493 e. The number of thioether (sulfide) groups is 2. The Labute approximate surface area is 197 Å². The number of halogens is 1. The Balaban J connectivity index is 1.73. The molecule has 0 unspecified atom stereocenters. The molecule has 0 radical (unpaired) electrons. The lowest BCUT2D eigenvalue weighted by Gasteiger charge is -2.13. The molecule has 1 heterocycles. The molecule has 1 N–H and O–H groups in total. The smallest absolute Gasteiger partial charge is 0.294 e. The standard InChI is InChI=1S/C22H21BrN2O4S2/c1-3-9-29-18-8-7-15(23)10-14(18)11-19-21(27)25(22(28)31-19)13-20(26)24-16-5-4-6-17(12-16)30-2/h4-8,10-12H,3,9,13H2,1-2H3,(H,24,26)/b19-11+. The number of nitrogens with one attached hydrogen (secondary N) is 1. The zero-order valence-corrected chi connectivity index (χ0v) is 20.2. The molecule has 0 bridgehead atoms. The zero-order valence-electron chi connectivity index (χ0n) is 17.0. The van der Waals surface area contributed by atoms with E-state index in [2.05, 4.69) is 21.2 Å². The molecular formula is C22H21BrN2O4S2. The van der Waals surface area contributed by atoms with Gasteiger partial charge in [0, 0.05) is 20.6 Å². The van der Waals surface area contributed by atoms with Gasteiger partial charge in [-0.3, -0.25) is 19.3 Å². The maximum Gasteiger partial charge on any atom is 0.294 e. The van der Waals surface area contributed by atoms with E-state index in [9.17, 15) is 14.4 Å². The first-order chi connectivity index (χ1) is 14.9. The summed E-state index contributed by atoms with van der Waals surface area (Å²) in [5, 5.41) is 2.26. The number of anilines is 1. The van der Waals surface area contributed by atoms with E-state index < -0.39 is 17.1 Å². The van der Waals surface area contributed by atoms with Crippen LogP contribution in [0.3, 0.4) is 0 Å². The Hall–Kier alpha value is -2.23. The Morgan fingerprint density at radius 2 is 2.06 bits per heavy atom. The lowest BCUT2D eigenvalue weighted by atomic mass is 10.2. The predicted molar refractivity (Wildman–Crippen MR) is 129 cm³/mol. The zero-order chi connectivity index (χ0) is 22.4. The number of imide groups is 1. The average molecular weight is 521 g/mol. The largest absolute Gasteiger partial charge is 0.493 e. The second kappa shape index (κ2) is 10.9. The highest BCUT2D eigenvalue weighted by Crippen LogP contribution is 2.35. The van der Waals surface area contributed by atoms with Crippen molar-refractivity contribution in [3.05, 3.63) is 57.4 Å². The Morgan fingerprint density at radius 1 is 1.26 bits per heavy atom. The molecule has 9 heteroatoms. The first-order valence-corrected chi connectivity index (χ1v) is 12.4. The fourth-order valence-electron chi connectivity index (χ4n) is 2.80. The molecule has 1 fully saturated rings. The van der Waals surface area contributed by atoms with Crippen molar-refractivity contribution in [2.75, 3.05) is 24.7 Å².